The molecule has 0 spiro atoms. The van der Waals surface area contributed by atoms with Gasteiger partial charge >= 0.3 is 11.9 Å². The zero-order valence-electron chi connectivity index (χ0n) is 18.1. The normalized spacial score (nSPS) is 22.3. The highest BCUT2D eigenvalue weighted by Gasteiger charge is 2.60. The second-order valence-electron chi connectivity index (χ2n) is 9.10. The number of rotatable bonds is 7. The van der Waals surface area contributed by atoms with E-state index in [1.165, 1.54) is 12.1 Å². The molecule has 1 aliphatic carbocycles. The van der Waals surface area contributed by atoms with Crippen molar-refractivity contribution in [2.24, 2.45) is 5.92 Å². The fraction of sp³-hybridized carbons (Fsp3) is 0.400. The molecule has 33 heavy (non-hydrogen) atoms. The van der Waals surface area contributed by atoms with Gasteiger partial charge in [0.25, 0.3) is 0 Å². The summed E-state index contributed by atoms with van der Waals surface area (Å²) in [4.78, 5) is 23.0. The molecule has 0 bridgehead atoms. The van der Waals surface area contributed by atoms with Crippen LogP contribution in [0.15, 0.2) is 65.8 Å². The van der Waals surface area contributed by atoms with Gasteiger partial charge in [0.2, 0.25) is 0 Å². The van der Waals surface area contributed by atoms with Gasteiger partial charge in [-0.25, -0.2) is 4.79 Å². The highest BCUT2D eigenvalue weighted by Crippen LogP contribution is 2.59. The maximum Gasteiger partial charge on any atom is 0.416 e. The molecule has 0 N–H and O–H groups in total. The molecule has 0 amide bonds. The van der Waals surface area contributed by atoms with E-state index >= 15 is 0 Å². The van der Waals surface area contributed by atoms with Crippen molar-refractivity contribution >= 4 is 0 Å². The van der Waals surface area contributed by atoms with E-state index in [1.807, 2.05) is 18.2 Å². The van der Waals surface area contributed by atoms with E-state index in [0.717, 1.165) is 50.0 Å². The number of aryl methyl sites for hydroxylation is 1. The maximum atomic E-state index is 12.8. The number of alkyl halides is 3. The van der Waals surface area contributed by atoms with Crippen LogP contribution in [0.4, 0.5) is 13.2 Å². The molecule has 3 aromatic rings. The molecule has 2 fully saturated rings. The van der Waals surface area contributed by atoms with E-state index in [2.05, 4.69) is 14.9 Å². The average Bonchev–Trinajstić information content (AvgIpc) is 3.39. The van der Waals surface area contributed by atoms with Crippen LogP contribution in [0.3, 0.4) is 0 Å². The van der Waals surface area contributed by atoms with Crippen molar-refractivity contribution < 1.29 is 13.2 Å². The first-order valence-corrected chi connectivity index (χ1v) is 11.2. The second kappa shape index (κ2) is 8.41. The van der Waals surface area contributed by atoms with Gasteiger partial charge in [-0.3, -0.25) is 9.55 Å². The number of unbranched alkanes of at least 4 members (excludes halogenated alkanes) is 1. The lowest BCUT2D eigenvalue weighted by Crippen LogP contribution is -2.28. The van der Waals surface area contributed by atoms with Crippen molar-refractivity contribution in [2.45, 2.75) is 37.4 Å². The van der Waals surface area contributed by atoms with Crippen LogP contribution in [0.2, 0.25) is 0 Å². The lowest BCUT2D eigenvalue weighted by molar-refractivity contribution is -0.137. The van der Waals surface area contributed by atoms with Crippen LogP contribution in [0.25, 0.3) is 11.3 Å². The van der Waals surface area contributed by atoms with E-state index in [0.29, 0.717) is 18.2 Å². The molecule has 2 aliphatic rings. The summed E-state index contributed by atoms with van der Waals surface area (Å²) in [5.74, 6) is 0.529. The lowest BCUT2D eigenvalue weighted by atomic mass is 9.94. The number of hydrogen-bond acceptors (Lipinski definition) is 4. The molecule has 8 heteroatoms. The van der Waals surface area contributed by atoms with Gasteiger partial charge in [0.1, 0.15) is 0 Å². The summed E-state index contributed by atoms with van der Waals surface area (Å²) in [5, 5.41) is 0. The van der Waals surface area contributed by atoms with Gasteiger partial charge in [0.15, 0.2) is 0 Å². The molecular formula is C25H25F3N4O. The zero-order valence-corrected chi connectivity index (χ0v) is 18.1. The SMILES string of the molecule is O=c1nc(-c2cccnc2)ccn1CCCCN1C[C@@H]2C[C@]2(c2ccc(C(F)(F)F)cc2)C1. The molecule has 0 unspecified atom stereocenters. The third-order valence-corrected chi connectivity index (χ3v) is 6.96. The fourth-order valence-corrected chi connectivity index (χ4v) is 5.09. The minimum atomic E-state index is -4.29. The van der Waals surface area contributed by atoms with E-state index < -0.39 is 11.7 Å². The molecule has 172 valence electrons. The number of hydrogen-bond donors (Lipinski definition) is 0. The van der Waals surface area contributed by atoms with Crippen molar-refractivity contribution in [3.8, 4) is 11.3 Å². The Kier molecular flexibility index (Phi) is 5.56. The van der Waals surface area contributed by atoms with Crippen molar-refractivity contribution in [3.63, 3.8) is 0 Å². The Morgan fingerprint density at radius 3 is 2.55 bits per heavy atom. The third-order valence-electron chi connectivity index (χ3n) is 6.96. The first kappa shape index (κ1) is 21.8. The number of fused-ring (bicyclic) bond motifs is 1. The van der Waals surface area contributed by atoms with Gasteiger partial charge in [0, 0.05) is 49.2 Å². The first-order valence-electron chi connectivity index (χ1n) is 11.2. The predicted molar refractivity (Wildman–Crippen MR) is 119 cm³/mol. The molecule has 1 aliphatic heterocycles. The van der Waals surface area contributed by atoms with Crippen LogP contribution in [-0.4, -0.2) is 39.1 Å². The highest BCUT2D eigenvalue weighted by molar-refractivity contribution is 5.56. The Labute approximate surface area is 189 Å². The van der Waals surface area contributed by atoms with E-state index in [4.69, 9.17) is 0 Å². The Morgan fingerprint density at radius 2 is 1.85 bits per heavy atom. The molecule has 5 rings (SSSR count). The highest BCUT2D eigenvalue weighted by atomic mass is 19.4. The zero-order chi connectivity index (χ0) is 23.1. The lowest BCUT2D eigenvalue weighted by Gasteiger charge is -2.21. The van der Waals surface area contributed by atoms with Crippen LogP contribution in [0.1, 0.15) is 30.4 Å². The van der Waals surface area contributed by atoms with Gasteiger partial charge in [-0.05, 0) is 67.6 Å². The summed E-state index contributed by atoms with van der Waals surface area (Å²) in [6.07, 6.45) is 3.72. The molecule has 1 saturated heterocycles. The number of benzene rings is 1. The largest absolute Gasteiger partial charge is 0.416 e. The molecular weight excluding hydrogens is 429 g/mol. The van der Waals surface area contributed by atoms with E-state index in [9.17, 15) is 18.0 Å². The first-order chi connectivity index (χ1) is 15.8. The Morgan fingerprint density at radius 1 is 1.06 bits per heavy atom. The van der Waals surface area contributed by atoms with E-state index in [-0.39, 0.29) is 11.1 Å². The summed E-state index contributed by atoms with van der Waals surface area (Å²) in [6, 6.07) is 11.2. The minimum Gasteiger partial charge on any atom is -0.302 e. The van der Waals surface area contributed by atoms with Gasteiger partial charge in [-0.1, -0.05) is 12.1 Å². The quantitative estimate of drug-likeness (QED) is 0.498. The molecule has 1 saturated carbocycles. The van der Waals surface area contributed by atoms with Crippen LogP contribution < -0.4 is 5.69 Å². The van der Waals surface area contributed by atoms with Gasteiger partial charge in [-0.15, -0.1) is 0 Å². The number of likely N-dealkylation sites (tertiary alicyclic amines) is 1. The molecule has 2 aromatic heterocycles. The predicted octanol–water partition coefficient (Wildman–Crippen LogP) is 4.38. The fourth-order valence-electron chi connectivity index (χ4n) is 5.09. The molecule has 0 radical (unpaired) electrons. The second-order valence-corrected chi connectivity index (χ2v) is 9.10. The minimum absolute atomic E-state index is 0.0209. The monoisotopic (exact) mass is 454 g/mol. The Hall–Kier alpha value is -3.00. The van der Waals surface area contributed by atoms with Crippen molar-refractivity contribution in [3.05, 3.63) is 82.7 Å². The number of nitrogens with zero attached hydrogens (tertiary/aromatic N) is 4. The standard InChI is InChI=1S/C25H25F3N4O/c26-25(27,28)20-7-5-19(6-8-20)24-14-21(24)16-31(17-24)11-1-2-12-32-13-9-22(30-23(32)33)18-4-3-10-29-15-18/h3-10,13,15,21H,1-2,11-12,14,16-17H2/t21-,24+/m0/s1. The van der Waals surface area contributed by atoms with Gasteiger partial charge in [0.05, 0.1) is 11.3 Å². The summed E-state index contributed by atoms with van der Waals surface area (Å²) in [7, 11) is 0. The maximum absolute atomic E-state index is 12.8. The summed E-state index contributed by atoms with van der Waals surface area (Å²) >= 11 is 0. The number of aromatic nitrogens is 3. The topological polar surface area (TPSA) is 51.0 Å². The van der Waals surface area contributed by atoms with Gasteiger partial charge < -0.3 is 4.90 Å². The van der Waals surface area contributed by atoms with Crippen LogP contribution in [-0.2, 0) is 18.1 Å². The third kappa shape index (κ3) is 4.44. The number of piperidine rings is 1. The summed E-state index contributed by atoms with van der Waals surface area (Å²) in [5.41, 5.74) is 1.63. The molecule has 3 heterocycles. The van der Waals surface area contributed by atoms with Crippen LogP contribution in [0.5, 0.6) is 0 Å². The number of halogens is 3. The van der Waals surface area contributed by atoms with Crippen LogP contribution in [0, 0.1) is 5.92 Å². The van der Waals surface area contributed by atoms with Crippen molar-refractivity contribution in [2.75, 3.05) is 19.6 Å². The molecule has 2 atom stereocenters. The van der Waals surface area contributed by atoms with Gasteiger partial charge in [-0.2, -0.15) is 18.2 Å². The Bertz CT molecular complexity index is 1180. The van der Waals surface area contributed by atoms with Crippen molar-refractivity contribution in [1.29, 1.82) is 0 Å². The molecule has 1 aromatic carbocycles. The summed E-state index contributed by atoms with van der Waals surface area (Å²) < 4.78 is 40.2. The smallest absolute Gasteiger partial charge is 0.302 e. The summed E-state index contributed by atoms with van der Waals surface area (Å²) in [6.45, 7) is 3.42. The Balaban J connectivity index is 1.12. The van der Waals surface area contributed by atoms with Crippen LogP contribution >= 0.6 is 0 Å². The average molecular weight is 454 g/mol. The molecule has 5 nitrogen and oxygen atoms in total. The van der Waals surface area contributed by atoms with Crippen molar-refractivity contribution in [1.82, 2.24) is 19.4 Å². The number of pyridine rings is 1. The van der Waals surface area contributed by atoms with E-state index in [1.54, 1.807) is 35.3 Å².